The molecule has 2 atom stereocenters. The van der Waals surface area contributed by atoms with Gasteiger partial charge in [0.1, 0.15) is 0 Å². The molecule has 2 N–H and O–H groups in total. The molecule has 0 bridgehead atoms. The highest BCUT2D eigenvalue weighted by Crippen LogP contribution is 2.52. The normalized spacial score (nSPS) is 24.2. The van der Waals surface area contributed by atoms with E-state index < -0.39 is 26.7 Å². The Morgan fingerprint density at radius 2 is 1.84 bits per heavy atom. The third-order valence-electron chi connectivity index (χ3n) is 6.36. The highest BCUT2D eigenvalue weighted by Gasteiger charge is 2.62. The van der Waals surface area contributed by atoms with Gasteiger partial charge in [0.2, 0.25) is 14.8 Å². The van der Waals surface area contributed by atoms with Gasteiger partial charge in [0, 0.05) is 41.8 Å². The van der Waals surface area contributed by atoms with Crippen molar-refractivity contribution in [1.82, 2.24) is 9.62 Å². The fourth-order valence-corrected chi connectivity index (χ4v) is 7.80. The third-order valence-corrected chi connectivity index (χ3v) is 9.56. The number of aliphatic carboxylic acids is 1. The van der Waals surface area contributed by atoms with Gasteiger partial charge in [-0.3, -0.25) is 4.79 Å². The van der Waals surface area contributed by atoms with E-state index in [1.165, 1.54) is 4.31 Å². The fourth-order valence-electron chi connectivity index (χ4n) is 4.95. The van der Waals surface area contributed by atoms with Gasteiger partial charge in [-0.05, 0) is 48.1 Å². The van der Waals surface area contributed by atoms with Crippen LogP contribution in [0, 0.1) is 12.8 Å². The lowest BCUT2D eigenvalue weighted by Crippen LogP contribution is -2.57. The molecule has 0 spiro atoms. The molecule has 1 heterocycles. The van der Waals surface area contributed by atoms with Crippen LogP contribution in [0.25, 0.3) is 11.1 Å². The lowest BCUT2D eigenvalue weighted by atomic mass is 9.90. The van der Waals surface area contributed by atoms with Crippen molar-refractivity contribution in [1.29, 1.82) is 0 Å². The molecule has 0 radical (unpaired) electrons. The minimum absolute atomic E-state index is 0.251. The number of halogens is 2. The molecule has 0 amide bonds. The van der Waals surface area contributed by atoms with Crippen molar-refractivity contribution >= 4 is 39.2 Å². The first kappa shape index (κ1) is 22.6. The van der Waals surface area contributed by atoms with Crippen LogP contribution in [-0.2, 0) is 26.0 Å². The van der Waals surface area contributed by atoms with Gasteiger partial charge in [-0.25, -0.2) is 8.42 Å². The number of benzene rings is 2. The van der Waals surface area contributed by atoms with Crippen LogP contribution in [0.5, 0.6) is 0 Å². The number of hydrogen-bond acceptors (Lipinski definition) is 4. The molecule has 9 heteroatoms. The molecule has 31 heavy (non-hydrogen) atoms. The summed E-state index contributed by atoms with van der Waals surface area (Å²) in [5, 5.41) is 14.5. The lowest BCUT2D eigenvalue weighted by molar-refractivity contribution is -0.141. The van der Waals surface area contributed by atoms with E-state index >= 15 is 0 Å². The van der Waals surface area contributed by atoms with Crippen molar-refractivity contribution in [3.63, 3.8) is 0 Å². The van der Waals surface area contributed by atoms with E-state index in [1.807, 2.05) is 13.0 Å². The molecule has 2 unspecified atom stereocenters. The average molecular weight is 483 g/mol. The van der Waals surface area contributed by atoms with E-state index in [4.69, 9.17) is 23.2 Å². The zero-order valence-corrected chi connectivity index (χ0v) is 19.6. The van der Waals surface area contributed by atoms with Gasteiger partial charge < -0.3 is 10.4 Å². The van der Waals surface area contributed by atoms with Crippen LogP contribution < -0.4 is 5.32 Å². The van der Waals surface area contributed by atoms with Gasteiger partial charge in [-0.2, -0.15) is 4.31 Å². The zero-order valence-electron chi connectivity index (χ0n) is 17.3. The molecule has 1 aliphatic heterocycles. The summed E-state index contributed by atoms with van der Waals surface area (Å²) in [5.74, 6) is -1.98. The Morgan fingerprint density at radius 3 is 2.45 bits per heavy atom. The second-order valence-electron chi connectivity index (χ2n) is 8.26. The summed E-state index contributed by atoms with van der Waals surface area (Å²) in [6, 6.07) is 8.78. The first-order valence-electron chi connectivity index (χ1n) is 10.1. The van der Waals surface area contributed by atoms with Crippen molar-refractivity contribution in [3.8, 4) is 11.1 Å². The van der Waals surface area contributed by atoms with Crippen LogP contribution >= 0.6 is 23.2 Å². The predicted molar refractivity (Wildman–Crippen MR) is 122 cm³/mol. The van der Waals surface area contributed by atoms with Crippen molar-refractivity contribution in [3.05, 3.63) is 57.1 Å². The molecule has 1 fully saturated rings. The molecule has 1 saturated heterocycles. The Labute approximate surface area is 192 Å². The van der Waals surface area contributed by atoms with Gasteiger partial charge in [0.05, 0.1) is 0 Å². The van der Waals surface area contributed by atoms with Crippen molar-refractivity contribution < 1.29 is 18.3 Å². The topological polar surface area (TPSA) is 86.7 Å². The Balaban J connectivity index is 1.99. The van der Waals surface area contributed by atoms with Gasteiger partial charge in [0.15, 0.2) is 0 Å². The van der Waals surface area contributed by atoms with Crippen LogP contribution in [0.1, 0.15) is 23.6 Å². The van der Waals surface area contributed by atoms with Gasteiger partial charge >= 0.3 is 5.97 Å². The number of piperazine rings is 1. The van der Waals surface area contributed by atoms with Gasteiger partial charge in [-0.1, -0.05) is 53.9 Å². The molecule has 4 rings (SSSR count). The van der Waals surface area contributed by atoms with E-state index in [-0.39, 0.29) is 13.1 Å². The highest BCUT2D eigenvalue weighted by atomic mass is 35.5. The Kier molecular flexibility index (Phi) is 5.85. The maximum Gasteiger partial charge on any atom is 0.331 e. The number of nitrogens with one attached hydrogen (secondary N) is 1. The van der Waals surface area contributed by atoms with Crippen molar-refractivity contribution in [2.45, 2.75) is 25.0 Å². The molecular weight excluding hydrogens is 459 g/mol. The summed E-state index contributed by atoms with van der Waals surface area (Å²) in [6.45, 7) is 5.03. The largest absolute Gasteiger partial charge is 0.480 e. The number of fused-ring (bicyclic) bond motifs is 1. The SMILES string of the molecule is Cc1cc(-c2ccc(Cl)cc2Cl)c2c(c1)C(C(=O)O)(S(=O)(=O)N1CCNCC1)C(C)C2. The molecule has 2 aromatic carbocycles. The first-order chi connectivity index (χ1) is 14.6. The summed E-state index contributed by atoms with van der Waals surface area (Å²) in [5.41, 5.74) is 3.28. The van der Waals surface area contributed by atoms with Gasteiger partial charge in [-0.15, -0.1) is 0 Å². The Bertz CT molecular complexity index is 1160. The molecule has 1 aliphatic carbocycles. The van der Waals surface area contributed by atoms with Crippen LogP contribution in [0.15, 0.2) is 30.3 Å². The number of aryl methyl sites for hydroxylation is 1. The smallest absolute Gasteiger partial charge is 0.331 e. The van der Waals surface area contributed by atoms with Crippen molar-refractivity contribution in [2.24, 2.45) is 5.92 Å². The minimum Gasteiger partial charge on any atom is -0.480 e. The van der Waals surface area contributed by atoms with Crippen LogP contribution in [-0.4, -0.2) is 50.0 Å². The van der Waals surface area contributed by atoms with E-state index in [1.54, 1.807) is 31.2 Å². The second kappa shape index (κ2) is 8.05. The number of rotatable bonds is 4. The first-order valence-corrected chi connectivity index (χ1v) is 12.3. The molecular formula is C22H24Cl2N2O4S. The van der Waals surface area contributed by atoms with Crippen molar-refractivity contribution in [2.75, 3.05) is 26.2 Å². The fraction of sp³-hybridized carbons (Fsp3) is 0.409. The maximum absolute atomic E-state index is 13.9. The van der Waals surface area contributed by atoms with E-state index in [0.29, 0.717) is 46.2 Å². The quantitative estimate of drug-likeness (QED) is 0.693. The third kappa shape index (κ3) is 3.38. The second-order valence-corrected chi connectivity index (χ2v) is 11.2. The summed E-state index contributed by atoms with van der Waals surface area (Å²) in [7, 11) is -4.18. The molecule has 0 aromatic heterocycles. The summed E-state index contributed by atoms with van der Waals surface area (Å²) < 4.78 is 27.0. The van der Waals surface area contributed by atoms with E-state index in [2.05, 4.69) is 5.32 Å². The predicted octanol–water partition coefficient (Wildman–Crippen LogP) is 3.68. The Morgan fingerprint density at radius 1 is 1.16 bits per heavy atom. The molecule has 6 nitrogen and oxygen atoms in total. The zero-order chi connectivity index (χ0) is 22.6. The van der Waals surface area contributed by atoms with E-state index in [9.17, 15) is 18.3 Å². The number of carboxylic acid groups (broad SMARTS) is 1. The summed E-state index contributed by atoms with van der Waals surface area (Å²) in [6.07, 6.45) is 0.321. The monoisotopic (exact) mass is 482 g/mol. The van der Waals surface area contributed by atoms with E-state index in [0.717, 1.165) is 11.1 Å². The minimum atomic E-state index is -4.18. The molecule has 0 saturated carbocycles. The standard InChI is InChI=1S/C22H24Cl2N2O4S/c1-13-9-17(16-4-3-15(23)12-20(16)24)18-11-14(2)22(21(27)28,19(18)10-13)31(29,30)26-7-5-25-6-8-26/h3-4,9-10,12,14,25H,5-8,11H2,1-2H3,(H,27,28). The number of sulfonamides is 1. The lowest BCUT2D eigenvalue weighted by Gasteiger charge is -2.37. The highest BCUT2D eigenvalue weighted by molar-refractivity contribution is 7.90. The van der Waals surface area contributed by atoms with Crippen LogP contribution in [0.4, 0.5) is 0 Å². The number of nitrogens with zero attached hydrogens (tertiary/aromatic N) is 1. The summed E-state index contributed by atoms with van der Waals surface area (Å²) in [4.78, 5) is 12.8. The number of carbonyl (C=O) groups is 1. The average Bonchev–Trinajstić information content (AvgIpc) is 3.01. The number of carboxylic acids is 1. The molecule has 2 aliphatic rings. The summed E-state index contributed by atoms with van der Waals surface area (Å²) >= 11 is 12.5. The van der Waals surface area contributed by atoms with Crippen LogP contribution in [0.3, 0.4) is 0 Å². The number of hydrogen-bond donors (Lipinski definition) is 2. The van der Waals surface area contributed by atoms with Crippen LogP contribution in [0.2, 0.25) is 10.0 Å². The maximum atomic E-state index is 13.9. The molecule has 2 aromatic rings. The molecule has 166 valence electrons. The van der Waals surface area contributed by atoms with Gasteiger partial charge in [0.25, 0.3) is 0 Å². The Hall–Kier alpha value is -1.64.